The van der Waals surface area contributed by atoms with Crippen LogP contribution in [0.2, 0.25) is 0 Å². The molecular weight excluding hydrogens is 480 g/mol. The van der Waals surface area contributed by atoms with E-state index in [1.165, 1.54) is 5.56 Å². The quantitative estimate of drug-likeness (QED) is 0.528. The van der Waals surface area contributed by atoms with Crippen molar-refractivity contribution >= 4 is 17.7 Å². The highest BCUT2D eigenvalue weighted by molar-refractivity contribution is 6.05. The minimum atomic E-state index is -0.620. The average molecular weight is 513 g/mol. The van der Waals surface area contributed by atoms with Crippen LogP contribution in [-0.2, 0) is 29.7 Å². The zero-order valence-electron chi connectivity index (χ0n) is 21.8. The van der Waals surface area contributed by atoms with E-state index in [1.807, 2.05) is 36.1 Å². The van der Waals surface area contributed by atoms with E-state index in [1.54, 1.807) is 4.90 Å². The van der Waals surface area contributed by atoms with Gasteiger partial charge in [0.2, 0.25) is 11.8 Å². The first-order valence-electron chi connectivity index (χ1n) is 13.2. The number of benzene rings is 2. The molecule has 3 aromatic rings. The van der Waals surface area contributed by atoms with E-state index in [4.69, 9.17) is 4.98 Å². The molecule has 0 aliphatic carbocycles. The van der Waals surface area contributed by atoms with Crippen LogP contribution in [-0.4, -0.2) is 81.2 Å². The second-order valence-corrected chi connectivity index (χ2v) is 10.6. The molecule has 9 nitrogen and oxygen atoms in total. The maximum absolute atomic E-state index is 13.1. The van der Waals surface area contributed by atoms with Crippen LogP contribution in [0.3, 0.4) is 0 Å². The maximum Gasteiger partial charge on any atom is 0.255 e. The molecule has 0 unspecified atom stereocenters. The smallest absolute Gasteiger partial charge is 0.255 e. The van der Waals surface area contributed by atoms with Crippen molar-refractivity contribution < 1.29 is 14.4 Å². The number of imide groups is 1. The Hall–Kier alpha value is -3.82. The van der Waals surface area contributed by atoms with Crippen LogP contribution in [0.25, 0.3) is 22.5 Å². The SMILES string of the molecule is CN1CCN(Cc2ccc(-c3c(-c4ccc5c(c4)CN([C@H]4CCC(=O)NC4=O)C5=O)ncn3C)cc2)CC1. The molecule has 0 radical (unpaired) electrons. The standard InChI is InChI=1S/C29H32N6O3/c1-32-11-13-34(14-12-32)16-19-3-5-20(6-4-19)27-26(30-18-33(27)2)21-7-8-23-22(15-21)17-35(29(23)38)24-9-10-25(36)31-28(24)37/h3-8,15,18,24H,9-14,16-17H2,1-2H3,(H,31,36,37)/t24-/m0/s1. The van der Waals surface area contributed by atoms with Gasteiger partial charge in [-0.2, -0.15) is 0 Å². The van der Waals surface area contributed by atoms with Crippen LogP contribution in [0.1, 0.15) is 34.3 Å². The van der Waals surface area contributed by atoms with Crippen molar-refractivity contribution in [3.63, 3.8) is 0 Å². The van der Waals surface area contributed by atoms with Gasteiger partial charge in [0.25, 0.3) is 5.91 Å². The molecule has 2 aromatic carbocycles. The molecule has 2 fully saturated rings. The van der Waals surface area contributed by atoms with E-state index in [9.17, 15) is 14.4 Å². The molecule has 3 aliphatic rings. The molecule has 9 heteroatoms. The van der Waals surface area contributed by atoms with Gasteiger partial charge in [0.15, 0.2) is 0 Å². The second kappa shape index (κ2) is 9.81. The molecule has 196 valence electrons. The van der Waals surface area contributed by atoms with Gasteiger partial charge in [-0.05, 0) is 36.7 Å². The van der Waals surface area contributed by atoms with Gasteiger partial charge in [-0.15, -0.1) is 0 Å². The fourth-order valence-corrected chi connectivity index (χ4v) is 5.74. The Morgan fingerprint density at radius 3 is 2.42 bits per heavy atom. The van der Waals surface area contributed by atoms with Crippen molar-refractivity contribution in [2.45, 2.75) is 32.0 Å². The van der Waals surface area contributed by atoms with Crippen LogP contribution in [0.4, 0.5) is 0 Å². The summed E-state index contributed by atoms with van der Waals surface area (Å²) in [6.45, 7) is 5.69. The molecule has 38 heavy (non-hydrogen) atoms. The number of piperidine rings is 1. The molecule has 1 aromatic heterocycles. The lowest BCUT2D eigenvalue weighted by Gasteiger charge is -2.32. The van der Waals surface area contributed by atoms with Gasteiger partial charge < -0.3 is 14.4 Å². The topological polar surface area (TPSA) is 90.8 Å². The van der Waals surface area contributed by atoms with Crippen molar-refractivity contribution in [3.05, 3.63) is 65.5 Å². The summed E-state index contributed by atoms with van der Waals surface area (Å²) >= 11 is 0. The first-order valence-corrected chi connectivity index (χ1v) is 13.2. The second-order valence-electron chi connectivity index (χ2n) is 10.6. The van der Waals surface area contributed by atoms with Gasteiger partial charge in [0.1, 0.15) is 6.04 Å². The third-order valence-electron chi connectivity index (χ3n) is 7.96. The molecule has 4 heterocycles. The molecule has 0 spiro atoms. The number of carbonyl (C=O) groups excluding carboxylic acids is 3. The number of nitrogens with zero attached hydrogens (tertiary/aromatic N) is 5. The molecule has 1 N–H and O–H groups in total. The summed E-state index contributed by atoms with van der Waals surface area (Å²) in [5, 5.41) is 2.36. The Morgan fingerprint density at radius 2 is 1.68 bits per heavy atom. The molecule has 2 saturated heterocycles. The number of rotatable bonds is 5. The molecule has 1 atom stereocenters. The Kier molecular flexibility index (Phi) is 6.33. The molecular formula is C29H32N6O3. The zero-order valence-corrected chi connectivity index (χ0v) is 21.8. The van der Waals surface area contributed by atoms with Crippen molar-refractivity contribution in [1.82, 2.24) is 29.6 Å². The van der Waals surface area contributed by atoms with Crippen LogP contribution in [0.15, 0.2) is 48.8 Å². The Labute approximate surface area is 222 Å². The lowest BCUT2D eigenvalue weighted by Crippen LogP contribution is -2.52. The summed E-state index contributed by atoms with van der Waals surface area (Å²) in [4.78, 5) is 48.2. The fraction of sp³-hybridized carbons (Fsp3) is 0.379. The maximum atomic E-state index is 13.1. The normalized spacial score (nSPS) is 20.6. The molecule has 6 rings (SSSR count). The number of aromatic nitrogens is 2. The predicted octanol–water partition coefficient (Wildman–Crippen LogP) is 2.26. The first kappa shape index (κ1) is 24.5. The monoisotopic (exact) mass is 512 g/mol. The highest BCUT2D eigenvalue weighted by Gasteiger charge is 2.39. The third kappa shape index (κ3) is 4.52. The minimum Gasteiger partial charge on any atom is -0.333 e. The number of aryl methyl sites for hydroxylation is 1. The minimum absolute atomic E-state index is 0.168. The number of fused-ring (bicyclic) bond motifs is 1. The summed E-state index contributed by atoms with van der Waals surface area (Å²) < 4.78 is 2.03. The number of hydrogen-bond acceptors (Lipinski definition) is 6. The zero-order chi connectivity index (χ0) is 26.4. The number of carbonyl (C=O) groups is 3. The van der Waals surface area contributed by atoms with Gasteiger partial charge in [-0.25, -0.2) is 4.98 Å². The largest absolute Gasteiger partial charge is 0.333 e. The van der Waals surface area contributed by atoms with Gasteiger partial charge in [-0.3, -0.25) is 24.6 Å². The number of piperazine rings is 1. The number of likely N-dealkylation sites (N-methyl/N-ethyl adjacent to an activating group) is 1. The van der Waals surface area contributed by atoms with E-state index in [-0.39, 0.29) is 18.2 Å². The van der Waals surface area contributed by atoms with Gasteiger partial charge in [-0.1, -0.05) is 30.3 Å². The lowest BCUT2D eigenvalue weighted by atomic mass is 10.00. The summed E-state index contributed by atoms with van der Waals surface area (Å²) in [5.41, 5.74) is 6.66. The highest BCUT2D eigenvalue weighted by atomic mass is 16.2. The number of hydrogen-bond donors (Lipinski definition) is 1. The predicted molar refractivity (Wildman–Crippen MR) is 143 cm³/mol. The number of imidazole rings is 1. The average Bonchev–Trinajstić information content (AvgIpc) is 3.45. The van der Waals surface area contributed by atoms with E-state index in [0.717, 1.165) is 60.8 Å². The van der Waals surface area contributed by atoms with E-state index < -0.39 is 11.9 Å². The van der Waals surface area contributed by atoms with Crippen LogP contribution in [0.5, 0.6) is 0 Å². The van der Waals surface area contributed by atoms with E-state index >= 15 is 0 Å². The third-order valence-corrected chi connectivity index (χ3v) is 7.96. The lowest BCUT2D eigenvalue weighted by molar-refractivity contribution is -0.136. The Bertz CT molecular complexity index is 1400. The fourth-order valence-electron chi connectivity index (χ4n) is 5.74. The van der Waals surface area contributed by atoms with Gasteiger partial charge in [0.05, 0.1) is 17.7 Å². The Balaban J connectivity index is 1.23. The van der Waals surface area contributed by atoms with Gasteiger partial charge in [0, 0.05) is 69.4 Å². The number of amides is 3. The molecule has 3 amide bonds. The van der Waals surface area contributed by atoms with Gasteiger partial charge >= 0.3 is 0 Å². The number of nitrogens with one attached hydrogen (secondary N) is 1. The van der Waals surface area contributed by atoms with Crippen LogP contribution >= 0.6 is 0 Å². The molecule has 0 bridgehead atoms. The van der Waals surface area contributed by atoms with E-state index in [2.05, 4.69) is 46.4 Å². The summed E-state index contributed by atoms with van der Waals surface area (Å²) in [5.74, 6) is -0.850. The van der Waals surface area contributed by atoms with Crippen molar-refractivity contribution in [1.29, 1.82) is 0 Å². The van der Waals surface area contributed by atoms with Crippen molar-refractivity contribution in [3.8, 4) is 22.5 Å². The Morgan fingerprint density at radius 1 is 0.947 bits per heavy atom. The van der Waals surface area contributed by atoms with Crippen LogP contribution < -0.4 is 5.32 Å². The summed E-state index contributed by atoms with van der Waals surface area (Å²) in [6.07, 6.45) is 2.41. The van der Waals surface area contributed by atoms with Crippen molar-refractivity contribution in [2.75, 3.05) is 33.2 Å². The van der Waals surface area contributed by atoms with E-state index in [0.29, 0.717) is 18.5 Å². The van der Waals surface area contributed by atoms with Crippen LogP contribution in [0, 0.1) is 0 Å². The van der Waals surface area contributed by atoms with Crippen molar-refractivity contribution in [2.24, 2.45) is 7.05 Å². The molecule has 0 saturated carbocycles. The first-order chi connectivity index (χ1) is 18.4. The summed E-state index contributed by atoms with van der Waals surface area (Å²) in [7, 11) is 4.16. The molecule has 3 aliphatic heterocycles. The highest BCUT2D eigenvalue weighted by Crippen LogP contribution is 2.35. The summed E-state index contributed by atoms with van der Waals surface area (Å²) in [6, 6.07) is 13.9.